The second-order valence-electron chi connectivity index (χ2n) is 7.79. The number of hydrogen-bond acceptors (Lipinski definition) is 8. The van der Waals surface area contributed by atoms with Crippen LogP contribution in [0, 0.1) is 11.3 Å². The van der Waals surface area contributed by atoms with Gasteiger partial charge < -0.3 is 19.9 Å². The molecule has 3 aromatic heterocycles. The minimum Gasteiger partial charge on any atom is -0.487 e. The number of imidazole rings is 1. The van der Waals surface area contributed by atoms with Gasteiger partial charge in [-0.15, -0.1) is 0 Å². The Hall–Kier alpha value is -3.36. The molecule has 11 heteroatoms. The predicted molar refractivity (Wildman–Crippen MR) is 116 cm³/mol. The van der Waals surface area contributed by atoms with Crippen molar-refractivity contribution in [2.45, 2.75) is 37.6 Å². The average Bonchev–Trinajstić information content (AvgIpc) is 3.21. The summed E-state index contributed by atoms with van der Waals surface area (Å²) in [6.07, 6.45) is 3.64. The molecule has 1 fully saturated rings. The minimum absolute atomic E-state index is 0.0863. The van der Waals surface area contributed by atoms with Crippen molar-refractivity contribution in [1.82, 2.24) is 19.5 Å². The molecule has 0 amide bonds. The summed E-state index contributed by atoms with van der Waals surface area (Å²) in [5.41, 5.74) is 1.43. The second kappa shape index (κ2) is 10.1. The Morgan fingerprint density at radius 1 is 1.27 bits per heavy atom. The van der Waals surface area contributed by atoms with Crippen molar-refractivity contribution in [3.05, 3.63) is 36.3 Å². The normalized spacial score (nSPS) is 17.6. The number of nitrogens with one attached hydrogen (secondary N) is 1. The van der Waals surface area contributed by atoms with Crippen LogP contribution < -0.4 is 10.1 Å². The number of fused-ring (bicyclic) bond motifs is 1. The van der Waals surface area contributed by atoms with Crippen molar-refractivity contribution in [3.63, 3.8) is 0 Å². The van der Waals surface area contributed by atoms with Crippen LogP contribution in [-0.4, -0.2) is 63.0 Å². The summed E-state index contributed by atoms with van der Waals surface area (Å²) in [7, 11) is 0. The molecule has 0 spiro atoms. The number of alkyl halides is 2. The fourth-order valence-electron chi connectivity index (χ4n) is 3.76. The van der Waals surface area contributed by atoms with Crippen LogP contribution in [0.15, 0.2) is 30.7 Å². The average molecular weight is 458 g/mol. The van der Waals surface area contributed by atoms with E-state index < -0.39 is 12.0 Å². The number of nitrogens with zero attached hydrogens (tertiary/aromatic N) is 5. The monoisotopic (exact) mass is 458 g/mol. The standard InChI is InChI=1S/C22H24F2N6O3/c23-22(24)5-1-2-16(11-22)28-20-18(33-9-8-32-7-6-31)10-17-21(29-20)30(14-27-17)19-4-3-15(12-25)13-26-19/h3-4,10,13-14,16,31H,1-2,5-9,11H2,(H,28,29). The Kier molecular flexibility index (Phi) is 6.96. The third kappa shape index (κ3) is 5.53. The first-order valence-electron chi connectivity index (χ1n) is 10.7. The summed E-state index contributed by atoms with van der Waals surface area (Å²) in [6, 6.07) is 6.59. The number of aromatic nitrogens is 4. The summed E-state index contributed by atoms with van der Waals surface area (Å²) >= 11 is 0. The van der Waals surface area contributed by atoms with E-state index in [1.807, 2.05) is 6.07 Å². The van der Waals surface area contributed by atoms with Crippen LogP contribution >= 0.6 is 0 Å². The van der Waals surface area contributed by atoms with Gasteiger partial charge in [0.1, 0.15) is 30.3 Å². The quantitative estimate of drug-likeness (QED) is 0.470. The van der Waals surface area contributed by atoms with Crippen LogP contribution in [0.3, 0.4) is 0 Å². The van der Waals surface area contributed by atoms with Gasteiger partial charge in [-0.3, -0.25) is 4.57 Å². The van der Waals surface area contributed by atoms with Gasteiger partial charge in [-0.05, 0) is 25.0 Å². The van der Waals surface area contributed by atoms with Crippen molar-refractivity contribution in [3.8, 4) is 17.6 Å². The summed E-state index contributed by atoms with van der Waals surface area (Å²) in [5, 5.41) is 20.9. The number of ether oxygens (including phenoxy) is 2. The first kappa shape index (κ1) is 22.8. The first-order valence-corrected chi connectivity index (χ1v) is 10.7. The highest BCUT2D eigenvalue weighted by molar-refractivity contribution is 5.78. The molecule has 3 heterocycles. The van der Waals surface area contributed by atoms with Gasteiger partial charge in [0.2, 0.25) is 5.92 Å². The van der Waals surface area contributed by atoms with Crippen LogP contribution in [-0.2, 0) is 4.74 Å². The molecule has 1 atom stereocenters. The summed E-state index contributed by atoms with van der Waals surface area (Å²) < 4.78 is 40.6. The summed E-state index contributed by atoms with van der Waals surface area (Å²) in [6.45, 7) is 0.561. The van der Waals surface area contributed by atoms with E-state index in [2.05, 4.69) is 20.3 Å². The molecule has 0 bridgehead atoms. The van der Waals surface area contributed by atoms with Gasteiger partial charge in [0.25, 0.3) is 0 Å². The van der Waals surface area contributed by atoms with E-state index in [0.717, 1.165) is 0 Å². The van der Waals surface area contributed by atoms with Crippen molar-refractivity contribution in [1.29, 1.82) is 5.26 Å². The molecule has 33 heavy (non-hydrogen) atoms. The summed E-state index contributed by atoms with van der Waals surface area (Å²) in [4.78, 5) is 13.3. The first-order chi connectivity index (χ1) is 16.0. The number of hydrogen-bond donors (Lipinski definition) is 2. The Morgan fingerprint density at radius 3 is 2.88 bits per heavy atom. The molecule has 174 valence electrons. The molecule has 0 aromatic carbocycles. The van der Waals surface area contributed by atoms with Crippen LogP contribution in [0.2, 0.25) is 0 Å². The summed E-state index contributed by atoms with van der Waals surface area (Å²) in [5.74, 6) is -1.48. The Balaban J connectivity index is 1.64. The Morgan fingerprint density at radius 2 is 2.15 bits per heavy atom. The highest BCUT2D eigenvalue weighted by Crippen LogP contribution is 2.36. The smallest absolute Gasteiger partial charge is 0.250 e. The van der Waals surface area contributed by atoms with Crippen LogP contribution in [0.4, 0.5) is 14.6 Å². The minimum atomic E-state index is -2.71. The Labute approximate surface area is 189 Å². The molecule has 0 radical (unpaired) electrons. The topological polar surface area (TPSA) is 118 Å². The fraction of sp³-hybridized carbons (Fsp3) is 0.455. The largest absolute Gasteiger partial charge is 0.487 e. The van der Waals surface area contributed by atoms with Gasteiger partial charge in [-0.1, -0.05) is 0 Å². The molecule has 1 aliphatic rings. The number of pyridine rings is 2. The van der Waals surface area contributed by atoms with E-state index >= 15 is 0 Å². The fourth-order valence-corrected chi connectivity index (χ4v) is 3.76. The van der Waals surface area contributed by atoms with Gasteiger partial charge in [0, 0.05) is 31.1 Å². The van der Waals surface area contributed by atoms with Crippen LogP contribution in [0.1, 0.15) is 31.2 Å². The van der Waals surface area contributed by atoms with Gasteiger partial charge in [0.05, 0.1) is 25.4 Å². The van der Waals surface area contributed by atoms with Gasteiger partial charge in [0.15, 0.2) is 17.2 Å². The molecule has 3 aromatic rings. The van der Waals surface area contributed by atoms with E-state index in [0.29, 0.717) is 47.0 Å². The molecule has 9 nitrogen and oxygen atoms in total. The maximum absolute atomic E-state index is 14.0. The van der Waals surface area contributed by atoms with E-state index in [1.54, 1.807) is 29.1 Å². The van der Waals surface area contributed by atoms with E-state index in [1.165, 1.54) is 6.20 Å². The van der Waals surface area contributed by atoms with E-state index in [4.69, 9.17) is 19.8 Å². The number of aliphatic hydroxyl groups is 1. The molecular formula is C22H24F2N6O3. The van der Waals surface area contributed by atoms with E-state index in [9.17, 15) is 8.78 Å². The maximum atomic E-state index is 14.0. The molecule has 4 rings (SSSR count). The zero-order valence-corrected chi connectivity index (χ0v) is 17.9. The van der Waals surface area contributed by atoms with Crippen LogP contribution in [0.5, 0.6) is 5.75 Å². The van der Waals surface area contributed by atoms with Gasteiger partial charge >= 0.3 is 0 Å². The zero-order chi connectivity index (χ0) is 23.3. The lowest BCUT2D eigenvalue weighted by Gasteiger charge is -2.30. The number of rotatable bonds is 9. The zero-order valence-electron chi connectivity index (χ0n) is 17.9. The van der Waals surface area contributed by atoms with E-state index in [-0.39, 0.29) is 39.3 Å². The van der Waals surface area contributed by atoms with Crippen molar-refractivity contribution < 1.29 is 23.4 Å². The number of nitriles is 1. The molecule has 0 saturated heterocycles. The second-order valence-corrected chi connectivity index (χ2v) is 7.79. The molecule has 1 saturated carbocycles. The predicted octanol–water partition coefficient (Wildman–Crippen LogP) is 3.06. The van der Waals surface area contributed by atoms with Crippen molar-refractivity contribution in [2.75, 3.05) is 31.7 Å². The Bertz CT molecular complexity index is 1130. The number of anilines is 1. The highest BCUT2D eigenvalue weighted by atomic mass is 19.3. The molecule has 0 aliphatic heterocycles. The molecular weight excluding hydrogens is 434 g/mol. The maximum Gasteiger partial charge on any atom is 0.250 e. The lowest BCUT2D eigenvalue weighted by atomic mass is 9.92. The third-order valence-electron chi connectivity index (χ3n) is 5.31. The molecule has 2 N–H and O–H groups in total. The third-order valence-corrected chi connectivity index (χ3v) is 5.31. The highest BCUT2D eigenvalue weighted by Gasteiger charge is 2.36. The number of halogens is 2. The lowest BCUT2D eigenvalue weighted by molar-refractivity contribution is -0.0374. The molecule has 1 unspecified atom stereocenters. The van der Waals surface area contributed by atoms with Gasteiger partial charge in [-0.25, -0.2) is 23.7 Å². The van der Waals surface area contributed by atoms with Gasteiger partial charge in [-0.2, -0.15) is 5.26 Å². The van der Waals surface area contributed by atoms with Crippen LogP contribution in [0.25, 0.3) is 17.0 Å². The lowest BCUT2D eigenvalue weighted by Crippen LogP contribution is -2.34. The number of aliphatic hydroxyl groups excluding tert-OH is 1. The molecule has 1 aliphatic carbocycles. The SMILES string of the molecule is N#Cc1ccc(-n2cnc3cc(OCCOCCO)c(NC4CCCC(F)(F)C4)nc32)nc1. The van der Waals surface area contributed by atoms with Crippen molar-refractivity contribution in [2.24, 2.45) is 0 Å². The van der Waals surface area contributed by atoms with Crippen molar-refractivity contribution >= 4 is 17.0 Å².